The lowest BCUT2D eigenvalue weighted by atomic mass is 9.94. The molecule has 1 fully saturated rings. The van der Waals surface area contributed by atoms with Crippen LogP contribution < -0.4 is 19.7 Å². The van der Waals surface area contributed by atoms with Crippen molar-refractivity contribution in [1.29, 1.82) is 0 Å². The van der Waals surface area contributed by atoms with Crippen LogP contribution in [0.2, 0.25) is 5.02 Å². The maximum atomic E-state index is 13.8. The number of carbonyl (C=O) groups excluding carboxylic acids is 2. The number of fused-ring (bicyclic) bond motifs is 1. The molecule has 1 aromatic heterocycles. The first-order valence-corrected chi connectivity index (χ1v) is 12.3. The molecule has 35 heavy (non-hydrogen) atoms. The molecule has 8 heteroatoms. The van der Waals surface area contributed by atoms with E-state index in [9.17, 15) is 9.59 Å². The van der Waals surface area contributed by atoms with Gasteiger partial charge in [-0.2, -0.15) is 0 Å². The summed E-state index contributed by atoms with van der Waals surface area (Å²) in [6.07, 6.45) is 6.62. The van der Waals surface area contributed by atoms with E-state index in [0.29, 0.717) is 41.0 Å². The fraction of sp³-hybridized carbons (Fsp3) is 0.333. The molecule has 0 spiro atoms. The molecule has 1 N–H and O–H groups in total. The topological polar surface area (TPSA) is 81.0 Å². The molecule has 1 aliphatic carbocycles. The van der Waals surface area contributed by atoms with Crippen LogP contribution in [0, 0.1) is 0 Å². The van der Waals surface area contributed by atoms with E-state index < -0.39 is 11.9 Å². The summed E-state index contributed by atoms with van der Waals surface area (Å²) in [6.45, 7) is 0.865. The molecule has 2 heterocycles. The summed E-state index contributed by atoms with van der Waals surface area (Å²) in [4.78, 5) is 29.1. The average molecular weight is 495 g/mol. The molecular weight excluding hydrogens is 468 g/mol. The van der Waals surface area contributed by atoms with Crippen molar-refractivity contribution >= 4 is 29.1 Å². The SMILES string of the molecule is O=C(NC1CCCCC1)C(c1ccc(Cl)cc1)N(C(=O)c1ccco1)c1ccc2c(c1)OCCO2. The van der Waals surface area contributed by atoms with Gasteiger partial charge in [-0.05, 0) is 54.8 Å². The zero-order valence-electron chi connectivity index (χ0n) is 19.2. The summed E-state index contributed by atoms with van der Waals surface area (Å²) in [5.41, 5.74) is 1.13. The first-order valence-electron chi connectivity index (χ1n) is 11.9. The van der Waals surface area contributed by atoms with Gasteiger partial charge in [0.25, 0.3) is 5.91 Å². The number of nitrogens with zero attached hydrogens (tertiary/aromatic N) is 1. The second kappa shape index (κ2) is 10.4. The van der Waals surface area contributed by atoms with Crippen LogP contribution in [0.5, 0.6) is 11.5 Å². The van der Waals surface area contributed by atoms with Crippen molar-refractivity contribution in [3.8, 4) is 11.5 Å². The Morgan fingerprint density at radius 3 is 2.40 bits per heavy atom. The van der Waals surface area contributed by atoms with E-state index in [0.717, 1.165) is 25.7 Å². The summed E-state index contributed by atoms with van der Waals surface area (Å²) in [7, 11) is 0. The first kappa shape index (κ1) is 23.3. The van der Waals surface area contributed by atoms with E-state index in [4.69, 9.17) is 25.5 Å². The Morgan fingerprint density at radius 1 is 0.943 bits per heavy atom. The predicted octanol–water partition coefficient (Wildman–Crippen LogP) is 5.54. The third kappa shape index (κ3) is 5.15. The van der Waals surface area contributed by atoms with Crippen LogP contribution in [-0.2, 0) is 4.79 Å². The van der Waals surface area contributed by atoms with E-state index in [2.05, 4.69) is 5.32 Å². The normalized spacial score (nSPS) is 16.4. The fourth-order valence-corrected chi connectivity index (χ4v) is 4.80. The number of furan rings is 1. The average Bonchev–Trinajstić information content (AvgIpc) is 3.43. The summed E-state index contributed by atoms with van der Waals surface area (Å²) >= 11 is 6.14. The Hall–Kier alpha value is -3.45. The number of hydrogen-bond acceptors (Lipinski definition) is 5. The molecule has 2 aliphatic rings. The number of rotatable bonds is 6. The van der Waals surface area contributed by atoms with E-state index >= 15 is 0 Å². The molecule has 1 unspecified atom stereocenters. The monoisotopic (exact) mass is 494 g/mol. The second-order valence-corrected chi connectivity index (χ2v) is 9.21. The highest BCUT2D eigenvalue weighted by atomic mass is 35.5. The van der Waals surface area contributed by atoms with Crippen LogP contribution in [0.25, 0.3) is 0 Å². The highest BCUT2D eigenvalue weighted by Crippen LogP contribution is 2.38. The molecule has 1 saturated carbocycles. The summed E-state index contributed by atoms with van der Waals surface area (Å²) < 4.78 is 16.9. The number of carbonyl (C=O) groups is 2. The molecule has 1 atom stereocenters. The second-order valence-electron chi connectivity index (χ2n) is 8.78. The van der Waals surface area contributed by atoms with Crippen molar-refractivity contribution < 1.29 is 23.5 Å². The number of amides is 2. The molecule has 182 valence electrons. The number of halogens is 1. The van der Waals surface area contributed by atoms with Gasteiger partial charge in [0, 0.05) is 22.8 Å². The van der Waals surface area contributed by atoms with Crippen LogP contribution in [0.4, 0.5) is 5.69 Å². The summed E-state index contributed by atoms with van der Waals surface area (Å²) in [5.74, 6) is 0.553. The molecule has 5 rings (SSSR count). The maximum absolute atomic E-state index is 13.8. The largest absolute Gasteiger partial charge is 0.486 e. The maximum Gasteiger partial charge on any atom is 0.294 e. The number of nitrogens with one attached hydrogen (secondary N) is 1. The zero-order valence-corrected chi connectivity index (χ0v) is 20.0. The van der Waals surface area contributed by atoms with Crippen molar-refractivity contribution in [2.75, 3.05) is 18.1 Å². The number of ether oxygens (including phenoxy) is 2. The number of benzene rings is 2. The number of anilines is 1. The smallest absolute Gasteiger partial charge is 0.294 e. The molecule has 2 aromatic carbocycles. The van der Waals surface area contributed by atoms with Gasteiger partial charge in [-0.25, -0.2) is 0 Å². The van der Waals surface area contributed by atoms with E-state index in [1.807, 2.05) is 0 Å². The Balaban J connectivity index is 1.59. The minimum atomic E-state index is -0.950. The first-order chi connectivity index (χ1) is 17.1. The lowest BCUT2D eigenvalue weighted by Crippen LogP contribution is -2.47. The Morgan fingerprint density at radius 2 is 1.69 bits per heavy atom. The van der Waals surface area contributed by atoms with Crippen LogP contribution in [0.1, 0.15) is 54.3 Å². The molecule has 0 bridgehead atoms. The van der Waals surface area contributed by atoms with Crippen LogP contribution >= 0.6 is 11.6 Å². The third-order valence-corrected chi connectivity index (χ3v) is 6.65. The Bertz CT molecular complexity index is 1170. The molecule has 7 nitrogen and oxygen atoms in total. The van der Waals surface area contributed by atoms with Gasteiger partial charge in [-0.15, -0.1) is 0 Å². The molecule has 0 saturated heterocycles. The van der Waals surface area contributed by atoms with Gasteiger partial charge in [-0.3, -0.25) is 14.5 Å². The van der Waals surface area contributed by atoms with Gasteiger partial charge in [-0.1, -0.05) is 43.0 Å². The third-order valence-electron chi connectivity index (χ3n) is 6.40. The molecular formula is C27H27ClN2O5. The highest BCUT2D eigenvalue weighted by molar-refractivity contribution is 6.30. The quantitative estimate of drug-likeness (QED) is 0.486. The Labute approximate surface area is 209 Å². The minimum absolute atomic E-state index is 0.0758. The van der Waals surface area contributed by atoms with Crippen molar-refractivity contribution in [2.24, 2.45) is 0 Å². The van der Waals surface area contributed by atoms with Gasteiger partial charge < -0.3 is 19.2 Å². The molecule has 3 aromatic rings. The lowest BCUT2D eigenvalue weighted by Gasteiger charge is -2.33. The fourth-order valence-electron chi connectivity index (χ4n) is 4.67. The van der Waals surface area contributed by atoms with Gasteiger partial charge in [0.05, 0.1) is 6.26 Å². The summed E-state index contributed by atoms with van der Waals surface area (Å²) in [5, 5.41) is 3.74. The van der Waals surface area contributed by atoms with Gasteiger partial charge in [0.15, 0.2) is 17.3 Å². The lowest BCUT2D eigenvalue weighted by molar-refractivity contribution is -0.123. The molecule has 0 radical (unpaired) electrons. The molecule has 2 amide bonds. The Kier molecular flexibility index (Phi) is 6.95. The van der Waals surface area contributed by atoms with Crippen molar-refractivity contribution in [1.82, 2.24) is 5.32 Å². The van der Waals surface area contributed by atoms with Crippen molar-refractivity contribution in [3.63, 3.8) is 0 Å². The van der Waals surface area contributed by atoms with Gasteiger partial charge in [0.2, 0.25) is 5.91 Å². The number of hydrogen-bond donors (Lipinski definition) is 1. The predicted molar refractivity (Wildman–Crippen MR) is 132 cm³/mol. The van der Waals surface area contributed by atoms with Gasteiger partial charge >= 0.3 is 0 Å². The summed E-state index contributed by atoms with van der Waals surface area (Å²) in [6, 6.07) is 14.6. The molecule has 1 aliphatic heterocycles. The van der Waals surface area contributed by atoms with Crippen LogP contribution in [0.3, 0.4) is 0 Å². The van der Waals surface area contributed by atoms with E-state index in [1.165, 1.54) is 17.6 Å². The highest BCUT2D eigenvalue weighted by Gasteiger charge is 2.36. The van der Waals surface area contributed by atoms with Crippen LogP contribution in [-0.4, -0.2) is 31.1 Å². The van der Waals surface area contributed by atoms with Crippen molar-refractivity contribution in [2.45, 2.75) is 44.2 Å². The standard InChI is InChI=1S/C27H27ClN2O5/c28-19-10-8-18(9-11-19)25(26(31)29-20-5-2-1-3-6-20)30(27(32)23-7-4-14-33-23)21-12-13-22-24(17-21)35-16-15-34-22/h4,7-14,17,20,25H,1-3,5-6,15-16H2,(H,29,31). The van der Waals surface area contributed by atoms with E-state index in [-0.39, 0.29) is 17.7 Å². The van der Waals surface area contributed by atoms with Gasteiger partial charge in [0.1, 0.15) is 19.3 Å². The van der Waals surface area contributed by atoms with Crippen molar-refractivity contribution in [3.05, 3.63) is 77.2 Å². The zero-order chi connectivity index (χ0) is 24.2. The van der Waals surface area contributed by atoms with Crippen LogP contribution in [0.15, 0.2) is 65.3 Å². The minimum Gasteiger partial charge on any atom is -0.486 e. The van der Waals surface area contributed by atoms with E-state index in [1.54, 1.807) is 54.6 Å².